The summed E-state index contributed by atoms with van der Waals surface area (Å²) < 4.78 is 12.2. The molecule has 4 aliphatic carbocycles. The first kappa shape index (κ1) is 22.0. The molecule has 2 saturated heterocycles. The van der Waals surface area contributed by atoms with Gasteiger partial charge in [-0.3, -0.25) is 9.59 Å². The number of fused-ring (bicyclic) bond motifs is 7. The largest absolute Gasteiger partial charge is 0.456 e. The average molecular weight is 455 g/mol. The second kappa shape index (κ2) is 6.81. The molecule has 0 aromatic heterocycles. The molecule has 0 amide bonds. The minimum Gasteiger partial charge on any atom is -0.456 e. The van der Waals surface area contributed by atoms with Gasteiger partial charge in [0.25, 0.3) is 0 Å². The third kappa shape index (κ3) is 2.67. The number of ketones is 1. The highest BCUT2D eigenvalue weighted by atomic mass is 16.7. The zero-order valence-electron chi connectivity index (χ0n) is 20.5. The van der Waals surface area contributed by atoms with Crippen LogP contribution in [0.4, 0.5) is 0 Å². The van der Waals surface area contributed by atoms with Crippen molar-refractivity contribution in [3.63, 3.8) is 0 Å². The number of hydrogen-bond acceptors (Lipinski definition) is 5. The van der Waals surface area contributed by atoms with Gasteiger partial charge in [0, 0.05) is 17.3 Å². The molecule has 0 radical (unpaired) electrons. The number of carbonyl (C=O) groups is 2. The molecule has 0 aromatic carbocycles. The molecule has 6 rings (SSSR count). The van der Waals surface area contributed by atoms with E-state index in [-0.39, 0.29) is 52.4 Å². The predicted molar refractivity (Wildman–Crippen MR) is 123 cm³/mol. The molecular weight excluding hydrogens is 416 g/mol. The molecule has 2 aliphatic heterocycles. The number of hydrogen-bond donors (Lipinski definition) is 1. The van der Waals surface area contributed by atoms with E-state index >= 15 is 0 Å². The smallest absolute Gasteiger partial charge is 0.309 e. The summed E-state index contributed by atoms with van der Waals surface area (Å²) in [7, 11) is 0. The molecule has 2 heterocycles. The number of ether oxygens (including phenoxy) is 2. The van der Waals surface area contributed by atoms with Crippen LogP contribution in [0.15, 0.2) is 23.8 Å². The number of allylic oxidation sites excluding steroid dienone is 4. The van der Waals surface area contributed by atoms with Crippen LogP contribution in [0.2, 0.25) is 0 Å². The normalized spacial score (nSPS) is 57.2. The van der Waals surface area contributed by atoms with Crippen molar-refractivity contribution < 1.29 is 24.2 Å². The van der Waals surface area contributed by atoms with Crippen molar-refractivity contribution in [2.75, 3.05) is 0 Å². The fourth-order valence-corrected chi connectivity index (χ4v) is 9.45. The van der Waals surface area contributed by atoms with Crippen LogP contribution in [-0.2, 0) is 19.1 Å². The Morgan fingerprint density at radius 1 is 1.09 bits per heavy atom. The first-order chi connectivity index (χ1) is 15.5. The van der Waals surface area contributed by atoms with Crippen LogP contribution in [0.5, 0.6) is 0 Å². The lowest BCUT2D eigenvalue weighted by molar-refractivity contribution is -0.270. The fraction of sp³-hybridized carbons (Fsp3) is 0.786. The standard InChI is InChI=1S/C28H38O5/c1-14-15(2)25(30)32-24(14)28(31)16(3)23-22(33-28)13-21-19-7-6-17-12-18(29)8-10-26(17,4)20(19)9-11-27(21,23)5/h8,10,12,14-16,19-24,31H,6-7,9,11,13H2,1-5H3/t14-,15+,16+,19-,20+,21+,22+,23+,24+,26+,27+,28+/m1/s1. The molecule has 5 nitrogen and oxygen atoms in total. The second-order valence-electron chi connectivity index (χ2n) is 12.6. The molecule has 0 unspecified atom stereocenters. The zero-order valence-corrected chi connectivity index (χ0v) is 20.5. The van der Waals surface area contributed by atoms with Gasteiger partial charge < -0.3 is 14.6 Å². The molecule has 12 atom stereocenters. The lowest BCUT2D eigenvalue weighted by Crippen LogP contribution is -2.54. The van der Waals surface area contributed by atoms with Crippen LogP contribution in [0.3, 0.4) is 0 Å². The van der Waals surface area contributed by atoms with E-state index in [2.05, 4.69) is 26.8 Å². The molecule has 0 aromatic rings. The molecule has 180 valence electrons. The first-order valence-corrected chi connectivity index (χ1v) is 13.1. The minimum absolute atomic E-state index is 0.00726. The SMILES string of the molecule is C[C@@H]1[C@H](C)C(=O)O[C@@H]1[C@@]1(O)O[C@H]2C[C@H]3[C@@H]4CCC5=CC(=O)C=C[C@]5(C)[C@H]4CC[C@]3(C)[C@H]2[C@@H]1C. The summed E-state index contributed by atoms with van der Waals surface area (Å²) in [6.45, 7) is 10.8. The highest BCUT2D eigenvalue weighted by molar-refractivity contribution is 6.01. The highest BCUT2D eigenvalue weighted by Gasteiger charge is 2.71. The summed E-state index contributed by atoms with van der Waals surface area (Å²) in [6, 6.07) is 0. The lowest BCUT2D eigenvalue weighted by atomic mass is 9.47. The molecule has 1 N–H and O–H groups in total. The minimum atomic E-state index is -1.40. The Bertz CT molecular complexity index is 967. The van der Waals surface area contributed by atoms with Crippen LogP contribution in [0.1, 0.15) is 66.7 Å². The van der Waals surface area contributed by atoms with Gasteiger partial charge in [-0.25, -0.2) is 0 Å². The molecule has 6 aliphatic rings. The van der Waals surface area contributed by atoms with Crippen molar-refractivity contribution in [1.29, 1.82) is 0 Å². The van der Waals surface area contributed by atoms with E-state index in [1.807, 2.05) is 19.9 Å². The Labute approximate surface area is 197 Å². The van der Waals surface area contributed by atoms with Gasteiger partial charge in [0.15, 0.2) is 11.9 Å². The summed E-state index contributed by atoms with van der Waals surface area (Å²) >= 11 is 0. The molecule has 0 bridgehead atoms. The molecule has 33 heavy (non-hydrogen) atoms. The zero-order chi connectivity index (χ0) is 23.5. The average Bonchev–Trinajstić information content (AvgIpc) is 3.31. The number of cyclic esters (lactones) is 1. The van der Waals surface area contributed by atoms with Crippen molar-refractivity contribution in [2.45, 2.75) is 84.7 Å². The topological polar surface area (TPSA) is 72.8 Å². The molecular formula is C28H38O5. The lowest BCUT2D eigenvalue weighted by Gasteiger charge is -2.57. The van der Waals surface area contributed by atoms with Gasteiger partial charge in [-0.15, -0.1) is 0 Å². The van der Waals surface area contributed by atoms with Gasteiger partial charge in [0.05, 0.1) is 12.0 Å². The summed E-state index contributed by atoms with van der Waals surface area (Å²) in [5, 5.41) is 11.8. The van der Waals surface area contributed by atoms with Crippen LogP contribution in [0.25, 0.3) is 0 Å². The van der Waals surface area contributed by atoms with Gasteiger partial charge in [0.2, 0.25) is 5.79 Å². The van der Waals surface area contributed by atoms with Crippen molar-refractivity contribution in [3.05, 3.63) is 23.8 Å². The van der Waals surface area contributed by atoms with E-state index in [0.29, 0.717) is 17.8 Å². The van der Waals surface area contributed by atoms with Gasteiger partial charge in [-0.2, -0.15) is 0 Å². The van der Waals surface area contributed by atoms with Gasteiger partial charge in [-0.1, -0.05) is 46.3 Å². The quantitative estimate of drug-likeness (QED) is 0.593. The summed E-state index contributed by atoms with van der Waals surface area (Å²) in [4.78, 5) is 24.3. The molecule has 0 spiro atoms. The van der Waals surface area contributed by atoms with Crippen molar-refractivity contribution in [2.24, 2.45) is 52.3 Å². The molecule has 5 fully saturated rings. The van der Waals surface area contributed by atoms with Gasteiger partial charge >= 0.3 is 5.97 Å². The Morgan fingerprint density at radius 2 is 1.85 bits per heavy atom. The van der Waals surface area contributed by atoms with E-state index < -0.39 is 11.9 Å². The van der Waals surface area contributed by atoms with E-state index in [1.165, 1.54) is 5.57 Å². The predicted octanol–water partition coefficient (Wildman–Crippen LogP) is 4.44. The van der Waals surface area contributed by atoms with Crippen molar-refractivity contribution in [1.82, 2.24) is 0 Å². The number of aliphatic hydroxyl groups is 1. The Morgan fingerprint density at radius 3 is 2.55 bits per heavy atom. The monoisotopic (exact) mass is 454 g/mol. The van der Waals surface area contributed by atoms with Gasteiger partial charge in [0.1, 0.15) is 0 Å². The van der Waals surface area contributed by atoms with Crippen LogP contribution < -0.4 is 0 Å². The summed E-state index contributed by atoms with van der Waals surface area (Å²) in [5.74, 6) is 0.149. The third-order valence-corrected chi connectivity index (χ3v) is 11.5. The number of esters is 1. The highest BCUT2D eigenvalue weighted by Crippen LogP contribution is 2.70. The van der Waals surface area contributed by atoms with E-state index in [1.54, 1.807) is 6.08 Å². The molecule has 5 heteroatoms. The van der Waals surface area contributed by atoms with E-state index in [4.69, 9.17) is 9.47 Å². The van der Waals surface area contributed by atoms with Crippen molar-refractivity contribution >= 4 is 11.8 Å². The van der Waals surface area contributed by atoms with E-state index in [0.717, 1.165) is 32.1 Å². The maximum absolute atomic E-state index is 12.2. The first-order valence-electron chi connectivity index (χ1n) is 13.1. The number of carbonyl (C=O) groups excluding carboxylic acids is 2. The third-order valence-electron chi connectivity index (χ3n) is 11.5. The fourth-order valence-electron chi connectivity index (χ4n) is 9.45. The van der Waals surface area contributed by atoms with Crippen molar-refractivity contribution in [3.8, 4) is 0 Å². The Kier molecular flexibility index (Phi) is 4.55. The van der Waals surface area contributed by atoms with Crippen LogP contribution in [-0.4, -0.2) is 34.9 Å². The Balaban J connectivity index is 1.29. The maximum Gasteiger partial charge on any atom is 0.309 e. The summed E-state index contributed by atoms with van der Waals surface area (Å²) in [6.07, 6.45) is 10.6. The van der Waals surface area contributed by atoms with Crippen LogP contribution >= 0.6 is 0 Å². The van der Waals surface area contributed by atoms with Gasteiger partial charge in [-0.05, 0) is 73.3 Å². The summed E-state index contributed by atoms with van der Waals surface area (Å²) in [5.41, 5.74) is 1.43. The second-order valence-corrected chi connectivity index (χ2v) is 12.6. The molecule has 3 saturated carbocycles. The van der Waals surface area contributed by atoms with Crippen LogP contribution in [0, 0.1) is 52.3 Å². The number of rotatable bonds is 1. The maximum atomic E-state index is 12.2. The Hall–Kier alpha value is -1.46. The van der Waals surface area contributed by atoms with E-state index in [9.17, 15) is 14.7 Å².